The summed E-state index contributed by atoms with van der Waals surface area (Å²) < 4.78 is 10.9. The van der Waals surface area contributed by atoms with Crippen LogP contribution in [0.5, 0.6) is 0 Å². The molecule has 2 rings (SSSR count). The molecule has 2 N–H and O–H groups in total. The van der Waals surface area contributed by atoms with Crippen LogP contribution in [0.2, 0.25) is 0 Å². The number of rotatable bonds is 10. The topological polar surface area (TPSA) is 88.1 Å². The van der Waals surface area contributed by atoms with Gasteiger partial charge in [-0.2, -0.15) is 0 Å². The molecule has 2 atom stereocenters. The highest BCUT2D eigenvalue weighted by Gasteiger charge is 2.29. The fourth-order valence-corrected chi connectivity index (χ4v) is 3.44. The van der Waals surface area contributed by atoms with Gasteiger partial charge in [-0.05, 0) is 44.2 Å². The number of carbonyl (C=O) groups is 2. The van der Waals surface area contributed by atoms with Crippen molar-refractivity contribution in [2.45, 2.75) is 65.4 Å². The highest BCUT2D eigenvalue weighted by Crippen LogP contribution is 2.13. The molecule has 0 aliphatic rings. The molecule has 0 saturated heterocycles. The first-order valence-electron chi connectivity index (χ1n) is 11.7. The van der Waals surface area contributed by atoms with Gasteiger partial charge in [-0.3, -0.25) is 0 Å². The van der Waals surface area contributed by atoms with Crippen molar-refractivity contribution < 1.29 is 24.2 Å². The lowest BCUT2D eigenvalue weighted by Crippen LogP contribution is -2.52. The van der Waals surface area contributed by atoms with E-state index in [-0.39, 0.29) is 19.1 Å². The monoisotopic (exact) mass is 470 g/mol. The Morgan fingerprint density at radius 1 is 0.941 bits per heavy atom. The van der Waals surface area contributed by atoms with E-state index in [0.717, 1.165) is 11.1 Å². The molecule has 0 bridgehead atoms. The first-order chi connectivity index (χ1) is 16.0. The lowest BCUT2D eigenvalue weighted by molar-refractivity contribution is 0.0323. The molecule has 0 aliphatic heterocycles. The molecule has 34 heavy (non-hydrogen) atoms. The summed E-state index contributed by atoms with van der Waals surface area (Å²) in [4.78, 5) is 26.8. The van der Waals surface area contributed by atoms with Crippen LogP contribution in [0.3, 0.4) is 0 Å². The van der Waals surface area contributed by atoms with Crippen LogP contribution < -0.4 is 5.32 Å². The van der Waals surface area contributed by atoms with Gasteiger partial charge in [-0.15, -0.1) is 0 Å². The van der Waals surface area contributed by atoms with E-state index in [4.69, 9.17) is 9.47 Å². The van der Waals surface area contributed by atoms with Crippen molar-refractivity contribution in [3.8, 4) is 0 Å². The van der Waals surface area contributed by atoms with E-state index in [9.17, 15) is 14.7 Å². The summed E-state index contributed by atoms with van der Waals surface area (Å²) in [6.07, 6.45) is -1.77. The van der Waals surface area contributed by atoms with E-state index in [1.165, 1.54) is 4.90 Å². The average molecular weight is 471 g/mol. The van der Waals surface area contributed by atoms with Crippen LogP contribution in [0.25, 0.3) is 0 Å². The zero-order valence-corrected chi connectivity index (χ0v) is 20.9. The number of aliphatic hydroxyl groups excluding tert-OH is 1. The standard InChI is InChI=1S/C27H38N2O5/c1-20(2)17-29(26(32)33-19-22-14-10-7-11-15-22)18-24(30)23(16-21-12-8-6-9-13-21)28-25(31)34-27(3,4)5/h6-15,20,23-24,30H,16-19H2,1-5H3,(H,28,31). The number of nitrogens with one attached hydrogen (secondary N) is 1. The van der Waals surface area contributed by atoms with Gasteiger partial charge in [0.1, 0.15) is 12.2 Å². The van der Waals surface area contributed by atoms with Crippen LogP contribution in [0.4, 0.5) is 9.59 Å². The van der Waals surface area contributed by atoms with E-state index in [1.807, 2.05) is 74.5 Å². The zero-order valence-electron chi connectivity index (χ0n) is 20.9. The molecular formula is C27H38N2O5. The average Bonchev–Trinajstić information content (AvgIpc) is 2.76. The molecule has 2 unspecified atom stereocenters. The van der Waals surface area contributed by atoms with Crippen molar-refractivity contribution >= 4 is 12.2 Å². The summed E-state index contributed by atoms with van der Waals surface area (Å²) in [5.74, 6) is 0.169. The maximum atomic E-state index is 12.9. The van der Waals surface area contributed by atoms with Gasteiger partial charge in [-0.1, -0.05) is 74.5 Å². The fourth-order valence-electron chi connectivity index (χ4n) is 3.44. The van der Waals surface area contributed by atoms with Gasteiger partial charge in [0.15, 0.2) is 0 Å². The maximum Gasteiger partial charge on any atom is 0.410 e. The van der Waals surface area contributed by atoms with Gasteiger partial charge in [0.2, 0.25) is 0 Å². The second-order valence-electron chi connectivity index (χ2n) is 9.85. The minimum Gasteiger partial charge on any atom is -0.445 e. The Hall–Kier alpha value is -3.06. The normalized spacial score (nSPS) is 13.1. The van der Waals surface area contributed by atoms with Crippen LogP contribution in [0, 0.1) is 5.92 Å². The number of aliphatic hydroxyl groups is 1. The van der Waals surface area contributed by atoms with Crippen molar-refractivity contribution in [1.82, 2.24) is 10.2 Å². The molecule has 0 spiro atoms. The first-order valence-corrected chi connectivity index (χ1v) is 11.7. The van der Waals surface area contributed by atoms with Crippen molar-refractivity contribution in [3.63, 3.8) is 0 Å². The second kappa shape index (κ2) is 13.0. The summed E-state index contributed by atoms with van der Waals surface area (Å²) in [5.41, 5.74) is 1.16. The maximum absolute atomic E-state index is 12.9. The van der Waals surface area contributed by atoms with Crippen LogP contribution >= 0.6 is 0 Å². The predicted molar refractivity (Wildman–Crippen MR) is 132 cm³/mol. The minimum atomic E-state index is -1.03. The van der Waals surface area contributed by atoms with Crippen LogP contribution in [-0.2, 0) is 22.5 Å². The Morgan fingerprint density at radius 3 is 2.03 bits per heavy atom. The van der Waals surface area contributed by atoms with Gasteiger partial charge in [0, 0.05) is 6.54 Å². The summed E-state index contributed by atoms with van der Waals surface area (Å²) in [6.45, 7) is 9.89. The molecular weight excluding hydrogens is 432 g/mol. The Balaban J connectivity index is 2.11. The number of nitrogens with zero attached hydrogens (tertiary/aromatic N) is 1. The molecule has 0 aromatic heterocycles. The molecule has 7 nitrogen and oxygen atoms in total. The van der Waals surface area contributed by atoms with E-state index in [0.29, 0.717) is 13.0 Å². The zero-order chi connectivity index (χ0) is 25.1. The number of alkyl carbamates (subject to hydrolysis) is 1. The molecule has 7 heteroatoms. The van der Waals surface area contributed by atoms with Crippen molar-refractivity contribution in [3.05, 3.63) is 71.8 Å². The summed E-state index contributed by atoms with van der Waals surface area (Å²) in [5, 5.41) is 13.9. The van der Waals surface area contributed by atoms with Gasteiger partial charge in [0.05, 0.1) is 18.7 Å². The molecule has 0 aliphatic carbocycles. The molecule has 186 valence electrons. The van der Waals surface area contributed by atoms with Gasteiger partial charge >= 0.3 is 12.2 Å². The van der Waals surface area contributed by atoms with Crippen molar-refractivity contribution in [2.75, 3.05) is 13.1 Å². The second-order valence-corrected chi connectivity index (χ2v) is 9.85. The van der Waals surface area contributed by atoms with E-state index in [1.54, 1.807) is 20.8 Å². The number of hydrogen-bond donors (Lipinski definition) is 2. The Kier molecular flexibility index (Phi) is 10.4. The largest absolute Gasteiger partial charge is 0.445 e. The third-order valence-electron chi connectivity index (χ3n) is 4.92. The van der Waals surface area contributed by atoms with E-state index < -0.39 is 29.9 Å². The summed E-state index contributed by atoms with van der Waals surface area (Å²) in [6, 6.07) is 18.3. The van der Waals surface area contributed by atoms with E-state index in [2.05, 4.69) is 5.32 Å². The predicted octanol–water partition coefficient (Wildman–Crippen LogP) is 4.78. The Morgan fingerprint density at radius 2 is 1.50 bits per heavy atom. The fraction of sp³-hybridized carbons (Fsp3) is 0.481. The first kappa shape index (κ1) is 27.2. The minimum absolute atomic E-state index is 0.0130. The molecule has 0 saturated carbocycles. The lowest BCUT2D eigenvalue weighted by atomic mass is 10.0. The van der Waals surface area contributed by atoms with Gasteiger partial charge in [0.25, 0.3) is 0 Å². The Bertz CT molecular complexity index is 881. The third-order valence-corrected chi connectivity index (χ3v) is 4.92. The highest BCUT2D eigenvalue weighted by atomic mass is 16.6. The molecule has 2 aromatic carbocycles. The molecule has 0 heterocycles. The number of carbonyl (C=O) groups excluding carboxylic acids is 2. The highest BCUT2D eigenvalue weighted by molar-refractivity contribution is 5.69. The summed E-state index contributed by atoms with van der Waals surface area (Å²) >= 11 is 0. The van der Waals surface area contributed by atoms with Gasteiger partial charge in [-0.25, -0.2) is 9.59 Å². The lowest BCUT2D eigenvalue weighted by Gasteiger charge is -2.31. The van der Waals surface area contributed by atoms with E-state index >= 15 is 0 Å². The quantitative estimate of drug-likeness (QED) is 0.522. The smallest absolute Gasteiger partial charge is 0.410 e. The van der Waals surface area contributed by atoms with Crippen molar-refractivity contribution in [2.24, 2.45) is 5.92 Å². The molecule has 0 fully saturated rings. The number of benzene rings is 2. The third kappa shape index (κ3) is 10.3. The van der Waals surface area contributed by atoms with Crippen LogP contribution in [0.15, 0.2) is 60.7 Å². The number of amides is 2. The van der Waals surface area contributed by atoms with Crippen LogP contribution in [0.1, 0.15) is 45.7 Å². The summed E-state index contributed by atoms with van der Waals surface area (Å²) in [7, 11) is 0. The van der Waals surface area contributed by atoms with Crippen molar-refractivity contribution in [1.29, 1.82) is 0 Å². The Labute approximate surface area is 203 Å². The molecule has 2 aromatic rings. The van der Waals surface area contributed by atoms with Crippen LogP contribution in [-0.4, -0.2) is 53.0 Å². The SMILES string of the molecule is CC(C)CN(CC(O)C(Cc1ccccc1)NC(=O)OC(C)(C)C)C(=O)OCc1ccccc1. The number of ether oxygens (including phenoxy) is 2. The molecule has 2 amide bonds. The molecule has 0 radical (unpaired) electrons. The van der Waals surface area contributed by atoms with Gasteiger partial charge < -0.3 is 24.8 Å². The number of hydrogen-bond acceptors (Lipinski definition) is 5.